The van der Waals surface area contributed by atoms with Crippen LogP contribution in [-0.2, 0) is 5.54 Å². The highest BCUT2D eigenvalue weighted by atomic mass is 35.5. The molecule has 1 heterocycles. The van der Waals surface area contributed by atoms with Gasteiger partial charge in [-0.15, -0.1) is 12.4 Å². The van der Waals surface area contributed by atoms with Crippen LogP contribution in [0.3, 0.4) is 0 Å². The lowest BCUT2D eigenvalue weighted by molar-refractivity contribution is 0.284. The molecule has 0 spiro atoms. The van der Waals surface area contributed by atoms with Crippen molar-refractivity contribution in [2.24, 2.45) is 5.73 Å². The first-order valence-corrected chi connectivity index (χ1v) is 6.34. The van der Waals surface area contributed by atoms with E-state index in [0.717, 1.165) is 24.2 Å². The lowest BCUT2D eigenvalue weighted by Gasteiger charge is -2.18. The van der Waals surface area contributed by atoms with Gasteiger partial charge in [0.15, 0.2) is 0 Å². The molecule has 110 valence electrons. The first-order chi connectivity index (χ1) is 9.06. The maximum Gasteiger partial charge on any atom is 0.246 e. The number of nitrogens with two attached hydrogens (primary N) is 1. The number of rotatable bonds is 5. The molecule has 1 unspecified atom stereocenters. The highest BCUT2D eigenvalue weighted by molar-refractivity contribution is 5.85. The number of aromatic nitrogens is 2. The minimum Gasteiger partial charge on any atom is -0.497 e. The lowest BCUT2D eigenvalue weighted by Crippen LogP contribution is -2.33. The normalized spacial score (nSPS) is 13.4. The maximum absolute atomic E-state index is 6.18. The third kappa shape index (κ3) is 3.49. The topological polar surface area (TPSA) is 74.2 Å². The molecule has 0 saturated heterocycles. The first kappa shape index (κ1) is 16.5. The van der Waals surface area contributed by atoms with E-state index in [1.54, 1.807) is 7.11 Å². The van der Waals surface area contributed by atoms with Gasteiger partial charge in [0.05, 0.1) is 12.6 Å². The van der Waals surface area contributed by atoms with E-state index < -0.39 is 5.54 Å². The summed E-state index contributed by atoms with van der Waals surface area (Å²) in [7, 11) is 1.62. The van der Waals surface area contributed by atoms with Gasteiger partial charge in [0.2, 0.25) is 11.7 Å². The quantitative estimate of drug-likeness (QED) is 0.917. The van der Waals surface area contributed by atoms with Crippen molar-refractivity contribution in [1.29, 1.82) is 0 Å². The van der Waals surface area contributed by atoms with Crippen LogP contribution in [0.4, 0.5) is 0 Å². The van der Waals surface area contributed by atoms with Crippen LogP contribution in [0.15, 0.2) is 28.8 Å². The van der Waals surface area contributed by atoms with E-state index in [1.165, 1.54) is 0 Å². The molecule has 0 fully saturated rings. The molecule has 0 bridgehead atoms. The summed E-state index contributed by atoms with van der Waals surface area (Å²) in [4.78, 5) is 4.39. The average molecular weight is 298 g/mol. The number of halogens is 1. The van der Waals surface area contributed by atoms with E-state index in [4.69, 9.17) is 15.0 Å². The molecule has 0 aliphatic carbocycles. The van der Waals surface area contributed by atoms with Crippen molar-refractivity contribution < 1.29 is 9.26 Å². The van der Waals surface area contributed by atoms with Crippen molar-refractivity contribution in [1.82, 2.24) is 10.1 Å². The number of methoxy groups -OCH3 is 1. The molecule has 1 aromatic carbocycles. The van der Waals surface area contributed by atoms with Gasteiger partial charge in [0.1, 0.15) is 5.75 Å². The van der Waals surface area contributed by atoms with Gasteiger partial charge >= 0.3 is 0 Å². The zero-order valence-electron chi connectivity index (χ0n) is 11.9. The molecule has 6 heteroatoms. The number of hydrogen-bond donors (Lipinski definition) is 1. The van der Waals surface area contributed by atoms with Crippen LogP contribution in [0.2, 0.25) is 0 Å². The van der Waals surface area contributed by atoms with Crippen molar-refractivity contribution in [2.75, 3.05) is 7.11 Å². The second-order valence-electron chi connectivity index (χ2n) is 4.82. The predicted octanol–water partition coefficient (Wildman–Crippen LogP) is 3.14. The van der Waals surface area contributed by atoms with Crippen LogP contribution < -0.4 is 10.5 Å². The van der Waals surface area contributed by atoms with E-state index in [0.29, 0.717) is 11.7 Å². The van der Waals surface area contributed by atoms with E-state index in [2.05, 4.69) is 17.1 Å². The summed E-state index contributed by atoms with van der Waals surface area (Å²) >= 11 is 0. The van der Waals surface area contributed by atoms with E-state index in [1.807, 2.05) is 31.2 Å². The first-order valence-electron chi connectivity index (χ1n) is 6.34. The molecular formula is C14H20ClN3O2. The van der Waals surface area contributed by atoms with Crippen LogP contribution in [-0.4, -0.2) is 17.3 Å². The molecule has 2 rings (SSSR count). The SMILES string of the molecule is CCCC(C)(N)c1nc(-c2cccc(OC)c2)no1.Cl. The lowest BCUT2D eigenvalue weighted by atomic mass is 9.98. The third-order valence-electron chi connectivity index (χ3n) is 3.01. The Labute approximate surface area is 124 Å². The van der Waals surface area contributed by atoms with Crippen LogP contribution in [0, 0.1) is 0 Å². The fourth-order valence-corrected chi connectivity index (χ4v) is 1.96. The Bertz CT molecular complexity index is 555. The monoisotopic (exact) mass is 297 g/mol. The third-order valence-corrected chi connectivity index (χ3v) is 3.01. The van der Waals surface area contributed by atoms with E-state index in [9.17, 15) is 0 Å². The van der Waals surface area contributed by atoms with Crippen molar-refractivity contribution >= 4 is 12.4 Å². The fraction of sp³-hybridized carbons (Fsp3) is 0.429. The van der Waals surface area contributed by atoms with Gasteiger partial charge in [-0.3, -0.25) is 0 Å². The van der Waals surface area contributed by atoms with Gasteiger partial charge in [0, 0.05) is 5.56 Å². The van der Waals surface area contributed by atoms with Gasteiger partial charge in [-0.1, -0.05) is 30.6 Å². The van der Waals surface area contributed by atoms with Gasteiger partial charge < -0.3 is 15.0 Å². The van der Waals surface area contributed by atoms with Crippen LogP contribution in [0.5, 0.6) is 5.75 Å². The molecule has 0 aliphatic heterocycles. The van der Waals surface area contributed by atoms with Gasteiger partial charge in [0.25, 0.3) is 0 Å². The molecule has 2 aromatic rings. The van der Waals surface area contributed by atoms with Crippen molar-refractivity contribution in [2.45, 2.75) is 32.2 Å². The molecule has 2 N–H and O–H groups in total. The Hall–Kier alpha value is -1.59. The fourth-order valence-electron chi connectivity index (χ4n) is 1.96. The number of ether oxygens (including phenoxy) is 1. The highest BCUT2D eigenvalue weighted by Crippen LogP contribution is 2.26. The zero-order valence-corrected chi connectivity index (χ0v) is 12.7. The molecule has 0 amide bonds. The van der Waals surface area contributed by atoms with Crippen LogP contribution in [0.25, 0.3) is 11.4 Å². The number of benzene rings is 1. The van der Waals surface area contributed by atoms with Crippen molar-refractivity contribution in [3.8, 4) is 17.1 Å². The predicted molar refractivity (Wildman–Crippen MR) is 80.0 cm³/mol. The standard InChI is InChI=1S/C14H19N3O2.ClH/c1-4-8-14(2,15)13-16-12(17-19-13)10-6-5-7-11(9-10)18-3;/h5-7,9H,4,8,15H2,1-3H3;1H. The molecule has 5 nitrogen and oxygen atoms in total. The average Bonchev–Trinajstić information content (AvgIpc) is 2.89. The van der Waals surface area contributed by atoms with Crippen molar-refractivity contribution in [3.05, 3.63) is 30.2 Å². The molecule has 0 aliphatic rings. The maximum atomic E-state index is 6.18. The molecule has 1 aromatic heterocycles. The van der Waals surface area contributed by atoms with Crippen LogP contribution >= 0.6 is 12.4 Å². The van der Waals surface area contributed by atoms with E-state index >= 15 is 0 Å². The van der Waals surface area contributed by atoms with Gasteiger partial charge in [-0.2, -0.15) is 4.98 Å². The summed E-state index contributed by atoms with van der Waals surface area (Å²) in [6.45, 7) is 3.98. The minimum atomic E-state index is -0.584. The Balaban J connectivity index is 0.00000200. The molecule has 20 heavy (non-hydrogen) atoms. The van der Waals surface area contributed by atoms with Crippen LogP contribution in [0.1, 0.15) is 32.6 Å². The second-order valence-corrected chi connectivity index (χ2v) is 4.82. The summed E-state index contributed by atoms with van der Waals surface area (Å²) in [5.74, 6) is 1.75. The summed E-state index contributed by atoms with van der Waals surface area (Å²) in [5, 5.41) is 3.99. The molecule has 0 radical (unpaired) electrons. The summed E-state index contributed by atoms with van der Waals surface area (Å²) in [6, 6.07) is 7.53. The largest absolute Gasteiger partial charge is 0.497 e. The number of nitrogens with zero attached hydrogens (tertiary/aromatic N) is 2. The van der Waals surface area contributed by atoms with Crippen molar-refractivity contribution in [3.63, 3.8) is 0 Å². The summed E-state index contributed by atoms with van der Waals surface area (Å²) in [6.07, 6.45) is 1.76. The summed E-state index contributed by atoms with van der Waals surface area (Å²) < 4.78 is 10.5. The molecular weight excluding hydrogens is 278 g/mol. The highest BCUT2D eigenvalue weighted by Gasteiger charge is 2.27. The Morgan fingerprint density at radius 2 is 2.15 bits per heavy atom. The molecule has 1 atom stereocenters. The van der Waals surface area contributed by atoms with E-state index in [-0.39, 0.29) is 12.4 Å². The Morgan fingerprint density at radius 3 is 2.80 bits per heavy atom. The molecule has 0 saturated carbocycles. The van der Waals surface area contributed by atoms with Gasteiger partial charge in [-0.25, -0.2) is 0 Å². The minimum absolute atomic E-state index is 0. The van der Waals surface area contributed by atoms with Gasteiger partial charge in [-0.05, 0) is 25.5 Å². The number of hydrogen-bond acceptors (Lipinski definition) is 5. The Morgan fingerprint density at radius 1 is 1.40 bits per heavy atom. The Kier molecular flexibility index (Phi) is 5.53. The zero-order chi connectivity index (χ0) is 13.9. The second kappa shape index (κ2) is 6.72. The summed E-state index contributed by atoms with van der Waals surface area (Å²) in [5.41, 5.74) is 6.44. The smallest absolute Gasteiger partial charge is 0.246 e.